The second-order valence-electron chi connectivity index (χ2n) is 8.99. The highest BCUT2D eigenvalue weighted by Crippen LogP contribution is 2.26. The van der Waals surface area contributed by atoms with E-state index in [-0.39, 0.29) is 18.6 Å². The standard InChI is InChI=1S/C24H29ClN4O4/c1-15-12-28(20(14-33-15)24(2,3)31)23(30)17-11-19(32-4)22-26-21(27-29(22)13-17)9-8-16-6-5-7-18(25)10-16/h5-7,10-11,13,15,20,31H,8-9,12,14H2,1-4H3. The van der Waals surface area contributed by atoms with Crippen molar-refractivity contribution in [3.05, 3.63) is 58.5 Å². The summed E-state index contributed by atoms with van der Waals surface area (Å²) < 4.78 is 12.8. The first-order valence-corrected chi connectivity index (χ1v) is 11.4. The van der Waals surface area contributed by atoms with Gasteiger partial charge in [0.15, 0.2) is 17.2 Å². The molecule has 1 saturated heterocycles. The highest BCUT2D eigenvalue weighted by molar-refractivity contribution is 6.30. The number of aromatic nitrogens is 3. The van der Waals surface area contributed by atoms with Crippen molar-refractivity contribution >= 4 is 23.2 Å². The van der Waals surface area contributed by atoms with E-state index in [0.717, 1.165) is 12.0 Å². The summed E-state index contributed by atoms with van der Waals surface area (Å²) in [7, 11) is 1.54. The molecule has 0 aliphatic carbocycles. The maximum atomic E-state index is 13.5. The number of hydrogen-bond donors (Lipinski definition) is 1. The Morgan fingerprint density at radius 1 is 1.33 bits per heavy atom. The third-order valence-corrected chi connectivity index (χ3v) is 6.12. The maximum absolute atomic E-state index is 13.5. The molecule has 0 spiro atoms. The number of fused-ring (bicyclic) bond motifs is 1. The van der Waals surface area contributed by atoms with Crippen LogP contribution in [0.25, 0.3) is 5.65 Å². The fourth-order valence-electron chi connectivity index (χ4n) is 4.10. The number of pyridine rings is 1. The van der Waals surface area contributed by atoms with E-state index in [1.807, 2.05) is 31.2 Å². The smallest absolute Gasteiger partial charge is 0.256 e. The minimum Gasteiger partial charge on any atom is -0.493 e. The lowest BCUT2D eigenvalue weighted by Gasteiger charge is -2.44. The van der Waals surface area contributed by atoms with Gasteiger partial charge in [-0.15, -0.1) is 0 Å². The SMILES string of the molecule is COc1cc(C(=O)N2CC(C)OCC2C(C)(C)O)cn2nc(CCc3cccc(Cl)c3)nc12. The number of morpholine rings is 1. The predicted octanol–water partition coefficient (Wildman–Crippen LogP) is 3.18. The van der Waals surface area contributed by atoms with E-state index in [0.29, 0.717) is 40.8 Å². The number of aliphatic hydroxyl groups is 1. The van der Waals surface area contributed by atoms with Gasteiger partial charge in [-0.3, -0.25) is 4.79 Å². The number of carbonyl (C=O) groups excluding carboxylic acids is 1. The zero-order chi connectivity index (χ0) is 23.8. The molecule has 2 unspecified atom stereocenters. The molecule has 8 nitrogen and oxygen atoms in total. The molecule has 0 radical (unpaired) electrons. The van der Waals surface area contributed by atoms with Crippen molar-refractivity contribution in [1.29, 1.82) is 0 Å². The number of benzene rings is 1. The Morgan fingerprint density at radius 2 is 2.12 bits per heavy atom. The van der Waals surface area contributed by atoms with E-state index in [9.17, 15) is 9.90 Å². The first-order chi connectivity index (χ1) is 15.7. The quantitative estimate of drug-likeness (QED) is 0.592. The molecule has 1 N–H and O–H groups in total. The topological polar surface area (TPSA) is 89.2 Å². The van der Waals surface area contributed by atoms with E-state index < -0.39 is 11.6 Å². The molecule has 1 amide bonds. The normalized spacial score (nSPS) is 19.2. The molecule has 1 aliphatic heterocycles. The van der Waals surface area contributed by atoms with E-state index in [4.69, 9.17) is 21.1 Å². The second kappa shape index (κ2) is 9.29. The van der Waals surface area contributed by atoms with Crippen LogP contribution in [0.1, 0.15) is 42.5 Å². The Balaban J connectivity index is 1.62. The van der Waals surface area contributed by atoms with Crippen molar-refractivity contribution < 1.29 is 19.4 Å². The number of halogens is 1. The van der Waals surface area contributed by atoms with Crippen LogP contribution in [0.4, 0.5) is 0 Å². The first-order valence-electron chi connectivity index (χ1n) is 11.0. The fraction of sp³-hybridized carbons (Fsp3) is 0.458. The maximum Gasteiger partial charge on any atom is 0.256 e. The van der Waals surface area contributed by atoms with Crippen LogP contribution < -0.4 is 4.74 Å². The van der Waals surface area contributed by atoms with Gasteiger partial charge in [-0.1, -0.05) is 23.7 Å². The molecule has 0 bridgehead atoms. The van der Waals surface area contributed by atoms with Crippen LogP contribution in [0, 0.1) is 0 Å². The van der Waals surface area contributed by atoms with Crippen LogP contribution in [-0.4, -0.2) is 68.5 Å². The Labute approximate surface area is 198 Å². The Morgan fingerprint density at radius 3 is 2.82 bits per heavy atom. The average Bonchev–Trinajstić information content (AvgIpc) is 3.18. The van der Waals surface area contributed by atoms with Crippen molar-refractivity contribution in [2.45, 2.75) is 51.4 Å². The third-order valence-electron chi connectivity index (χ3n) is 5.88. The van der Waals surface area contributed by atoms with Gasteiger partial charge in [0.1, 0.15) is 0 Å². The molecule has 176 valence electrons. The predicted molar refractivity (Wildman–Crippen MR) is 125 cm³/mol. The molecule has 1 aromatic carbocycles. The van der Waals surface area contributed by atoms with E-state index in [1.165, 1.54) is 0 Å². The van der Waals surface area contributed by atoms with Gasteiger partial charge in [0.05, 0.1) is 37.0 Å². The van der Waals surface area contributed by atoms with Crippen molar-refractivity contribution in [2.75, 3.05) is 20.3 Å². The van der Waals surface area contributed by atoms with Gasteiger partial charge in [-0.25, -0.2) is 9.50 Å². The van der Waals surface area contributed by atoms with Gasteiger partial charge in [0, 0.05) is 24.2 Å². The highest BCUT2D eigenvalue weighted by Gasteiger charge is 2.40. The molecule has 4 rings (SSSR count). The number of rotatable bonds is 6. The molecule has 1 fully saturated rings. The highest BCUT2D eigenvalue weighted by atomic mass is 35.5. The van der Waals surface area contributed by atoms with E-state index in [2.05, 4.69) is 10.1 Å². The molecule has 1 aliphatic rings. The monoisotopic (exact) mass is 472 g/mol. The average molecular weight is 473 g/mol. The summed E-state index contributed by atoms with van der Waals surface area (Å²) in [5.41, 5.74) is 0.951. The molecule has 2 aromatic heterocycles. The fourth-order valence-corrected chi connectivity index (χ4v) is 4.31. The molecule has 2 atom stereocenters. The summed E-state index contributed by atoms with van der Waals surface area (Å²) in [5, 5.41) is 15.9. The van der Waals surface area contributed by atoms with Crippen molar-refractivity contribution in [3.8, 4) is 5.75 Å². The summed E-state index contributed by atoms with van der Waals surface area (Å²) >= 11 is 6.08. The zero-order valence-corrected chi connectivity index (χ0v) is 20.0. The molecule has 3 aromatic rings. The van der Waals surface area contributed by atoms with Gasteiger partial charge in [-0.05, 0) is 51.0 Å². The Bertz CT molecular complexity index is 1160. The number of carbonyl (C=O) groups is 1. The number of nitrogens with zero attached hydrogens (tertiary/aromatic N) is 4. The lowest BCUT2D eigenvalue weighted by atomic mass is 9.95. The van der Waals surface area contributed by atoms with Gasteiger partial charge in [0.2, 0.25) is 0 Å². The van der Waals surface area contributed by atoms with Gasteiger partial charge in [0.25, 0.3) is 5.91 Å². The lowest BCUT2D eigenvalue weighted by molar-refractivity contribution is -0.106. The van der Waals surface area contributed by atoms with Crippen LogP contribution in [-0.2, 0) is 17.6 Å². The summed E-state index contributed by atoms with van der Waals surface area (Å²) in [6.07, 6.45) is 2.90. The third kappa shape index (κ3) is 5.13. The van der Waals surface area contributed by atoms with Crippen LogP contribution in [0.15, 0.2) is 36.5 Å². The van der Waals surface area contributed by atoms with E-state index in [1.54, 1.807) is 42.6 Å². The minimum atomic E-state index is -1.11. The second-order valence-corrected chi connectivity index (χ2v) is 9.43. The largest absolute Gasteiger partial charge is 0.493 e. The number of methoxy groups -OCH3 is 1. The molecule has 0 saturated carbocycles. The minimum absolute atomic E-state index is 0.123. The molecule has 33 heavy (non-hydrogen) atoms. The van der Waals surface area contributed by atoms with Gasteiger partial charge < -0.3 is 19.5 Å². The van der Waals surface area contributed by atoms with E-state index >= 15 is 0 Å². The molecule has 9 heteroatoms. The summed E-state index contributed by atoms with van der Waals surface area (Å²) in [4.78, 5) is 19.8. The summed E-state index contributed by atoms with van der Waals surface area (Å²) in [6.45, 7) is 5.94. The van der Waals surface area contributed by atoms with Crippen LogP contribution in [0.2, 0.25) is 5.02 Å². The first kappa shape index (κ1) is 23.5. The van der Waals surface area contributed by atoms with Gasteiger partial charge in [-0.2, -0.15) is 5.10 Å². The van der Waals surface area contributed by atoms with Crippen molar-refractivity contribution in [1.82, 2.24) is 19.5 Å². The Kier molecular flexibility index (Phi) is 6.61. The summed E-state index contributed by atoms with van der Waals surface area (Å²) in [5.74, 6) is 0.893. The van der Waals surface area contributed by atoms with Crippen LogP contribution in [0.3, 0.4) is 0 Å². The van der Waals surface area contributed by atoms with Crippen molar-refractivity contribution in [2.24, 2.45) is 0 Å². The zero-order valence-electron chi connectivity index (χ0n) is 19.3. The van der Waals surface area contributed by atoms with Crippen LogP contribution in [0.5, 0.6) is 5.75 Å². The lowest BCUT2D eigenvalue weighted by Crippen LogP contribution is -2.59. The van der Waals surface area contributed by atoms with Crippen LogP contribution >= 0.6 is 11.6 Å². The number of hydrogen-bond acceptors (Lipinski definition) is 6. The molecular formula is C24H29ClN4O4. The number of amides is 1. The molecule has 3 heterocycles. The number of ether oxygens (including phenoxy) is 2. The van der Waals surface area contributed by atoms with Crippen molar-refractivity contribution in [3.63, 3.8) is 0 Å². The van der Waals surface area contributed by atoms with Gasteiger partial charge >= 0.3 is 0 Å². The number of aryl methyl sites for hydroxylation is 2. The Hall–Kier alpha value is -2.68. The summed E-state index contributed by atoms with van der Waals surface area (Å²) in [6, 6.07) is 8.91. The molecular weight excluding hydrogens is 444 g/mol.